The number of amides is 3. The first-order valence-electron chi connectivity index (χ1n) is 5.55. The van der Waals surface area contributed by atoms with E-state index < -0.39 is 12.0 Å². The van der Waals surface area contributed by atoms with Gasteiger partial charge in [0.2, 0.25) is 5.91 Å². The maximum atomic E-state index is 11.2. The summed E-state index contributed by atoms with van der Waals surface area (Å²) in [6, 6.07) is -0.953. The largest absolute Gasteiger partial charge is 0.468 e. The molecule has 8 heteroatoms. The Morgan fingerprint density at radius 2 is 2.28 bits per heavy atom. The summed E-state index contributed by atoms with van der Waals surface area (Å²) in [5.74, 6) is 0.684. The highest BCUT2D eigenvalue weighted by Gasteiger charge is 2.27. The van der Waals surface area contributed by atoms with E-state index in [9.17, 15) is 14.4 Å². The molecule has 0 aromatic rings. The smallest absolute Gasteiger partial charge is 0.324 e. The normalized spacial score (nSPS) is 16.7. The minimum atomic E-state index is -0.612. The molecule has 1 unspecified atom stereocenters. The van der Waals surface area contributed by atoms with Crippen LogP contribution in [0.2, 0.25) is 0 Å². The zero-order chi connectivity index (χ0) is 13.5. The zero-order valence-corrected chi connectivity index (χ0v) is 11.0. The third-order valence-electron chi connectivity index (χ3n) is 2.47. The maximum Gasteiger partial charge on any atom is 0.324 e. The highest BCUT2D eigenvalue weighted by Crippen LogP contribution is 2.07. The van der Waals surface area contributed by atoms with Gasteiger partial charge in [-0.1, -0.05) is 0 Å². The fourth-order valence-corrected chi connectivity index (χ4v) is 2.36. The number of methoxy groups -OCH3 is 1. The Kier molecular flexibility index (Phi) is 5.93. The van der Waals surface area contributed by atoms with Crippen LogP contribution in [0.3, 0.4) is 0 Å². The van der Waals surface area contributed by atoms with Gasteiger partial charge in [-0.15, -0.1) is 0 Å². The predicted molar refractivity (Wildman–Crippen MR) is 67.0 cm³/mol. The average Bonchev–Trinajstić information content (AvgIpc) is 2.68. The molecular formula is C10H17N3O4S. The average molecular weight is 275 g/mol. The van der Waals surface area contributed by atoms with E-state index >= 15 is 0 Å². The predicted octanol–water partition coefficient (Wildman–Crippen LogP) is -0.838. The first-order chi connectivity index (χ1) is 8.56. The van der Waals surface area contributed by atoms with Crippen molar-refractivity contribution >= 4 is 29.7 Å². The van der Waals surface area contributed by atoms with E-state index in [1.54, 1.807) is 0 Å². The minimum absolute atomic E-state index is 0.0801. The molecule has 18 heavy (non-hydrogen) atoms. The van der Waals surface area contributed by atoms with Crippen LogP contribution >= 0.6 is 11.8 Å². The molecule has 1 aliphatic heterocycles. The SMILES string of the molecule is COC(=O)C(N)CCSCCN1C(=O)CNC1=O. The Morgan fingerprint density at radius 1 is 1.56 bits per heavy atom. The lowest BCUT2D eigenvalue weighted by Gasteiger charge is -2.12. The molecule has 102 valence electrons. The summed E-state index contributed by atoms with van der Waals surface area (Å²) in [6.45, 7) is 0.458. The van der Waals surface area contributed by atoms with Gasteiger partial charge in [0.15, 0.2) is 0 Å². The van der Waals surface area contributed by atoms with Crippen LogP contribution in [0.25, 0.3) is 0 Å². The van der Waals surface area contributed by atoms with E-state index in [0.717, 1.165) is 0 Å². The molecule has 0 spiro atoms. The van der Waals surface area contributed by atoms with E-state index in [1.807, 2.05) is 0 Å². The van der Waals surface area contributed by atoms with Crippen LogP contribution in [-0.4, -0.2) is 60.6 Å². The second-order valence-corrected chi connectivity index (χ2v) is 4.96. The summed E-state index contributed by atoms with van der Waals surface area (Å²) in [6.07, 6.45) is 0.511. The van der Waals surface area contributed by atoms with Gasteiger partial charge in [0.05, 0.1) is 13.7 Å². The van der Waals surface area contributed by atoms with Crippen LogP contribution in [0.1, 0.15) is 6.42 Å². The fraction of sp³-hybridized carbons (Fsp3) is 0.700. The van der Waals surface area contributed by atoms with Crippen molar-refractivity contribution in [1.29, 1.82) is 0 Å². The van der Waals surface area contributed by atoms with E-state index in [-0.39, 0.29) is 18.5 Å². The Labute approximate surface area is 109 Å². The lowest BCUT2D eigenvalue weighted by Crippen LogP contribution is -2.33. The van der Waals surface area contributed by atoms with Crippen LogP contribution in [0.5, 0.6) is 0 Å². The molecule has 7 nitrogen and oxygen atoms in total. The number of nitrogens with two attached hydrogens (primary N) is 1. The van der Waals surface area contributed by atoms with Crippen molar-refractivity contribution in [2.45, 2.75) is 12.5 Å². The summed E-state index contributed by atoms with van der Waals surface area (Å²) in [5, 5.41) is 2.45. The van der Waals surface area contributed by atoms with E-state index in [4.69, 9.17) is 5.73 Å². The number of imide groups is 1. The van der Waals surface area contributed by atoms with Crippen molar-refractivity contribution in [3.05, 3.63) is 0 Å². The van der Waals surface area contributed by atoms with Crippen molar-refractivity contribution in [3.8, 4) is 0 Å². The molecule has 1 heterocycles. The van der Waals surface area contributed by atoms with Crippen LogP contribution in [-0.2, 0) is 14.3 Å². The summed E-state index contributed by atoms with van der Waals surface area (Å²) in [7, 11) is 1.30. The first-order valence-corrected chi connectivity index (χ1v) is 6.71. The Hall–Kier alpha value is -1.28. The fourth-order valence-electron chi connectivity index (χ4n) is 1.42. The minimum Gasteiger partial charge on any atom is -0.468 e. The number of thioether (sulfide) groups is 1. The van der Waals surface area contributed by atoms with Gasteiger partial charge in [0.25, 0.3) is 0 Å². The van der Waals surface area contributed by atoms with Crippen molar-refractivity contribution in [2.24, 2.45) is 5.73 Å². The van der Waals surface area contributed by atoms with Crippen molar-refractivity contribution < 1.29 is 19.1 Å². The summed E-state index contributed by atoms with van der Waals surface area (Å²) >= 11 is 1.54. The molecule has 1 atom stereocenters. The first kappa shape index (κ1) is 14.8. The monoisotopic (exact) mass is 275 g/mol. The molecule has 1 saturated heterocycles. The van der Waals surface area contributed by atoms with Gasteiger partial charge in [-0.2, -0.15) is 11.8 Å². The lowest BCUT2D eigenvalue weighted by molar-refractivity contribution is -0.142. The number of urea groups is 1. The molecular weight excluding hydrogens is 258 g/mol. The van der Waals surface area contributed by atoms with Gasteiger partial charge in [-0.05, 0) is 12.2 Å². The van der Waals surface area contributed by atoms with Gasteiger partial charge >= 0.3 is 12.0 Å². The number of carbonyl (C=O) groups is 3. The lowest BCUT2D eigenvalue weighted by atomic mass is 10.2. The molecule has 3 amide bonds. The van der Waals surface area contributed by atoms with Gasteiger partial charge in [0, 0.05) is 12.3 Å². The van der Waals surface area contributed by atoms with Gasteiger partial charge in [-0.3, -0.25) is 14.5 Å². The number of hydrogen-bond donors (Lipinski definition) is 2. The number of esters is 1. The summed E-state index contributed by atoms with van der Waals surface area (Å²) < 4.78 is 4.50. The number of ether oxygens (including phenoxy) is 1. The molecule has 0 saturated carbocycles. The van der Waals surface area contributed by atoms with Crippen LogP contribution in [0, 0.1) is 0 Å². The Balaban J connectivity index is 2.10. The van der Waals surface area contributed by atoms with Crippen molar-refractivity contribution in [3.63, 3.8) is 0 Å². The van der Waals surface area contributed by atoms with Gasteiger partial charge in [-0.25, -0.2) is 4.79 Å². The van der Waals surface area contributed by atoms with Crippen LogP contribution in [0.15, 0.2) is 0 Å². The standard InChI is InChI=1S/C10H17N3O4S/c1-17-9(15)7(11)2-4-18-5-3-13-8(14)6-12-10(13)16/h7H,2-6,11H2,1H3,(H,12,16). The topological polar surface area (TPSA) is 102 Å². The molecule has 0 bridgehead atoms. The number of hydrogen-bond acceptors (Lipinski definition) is 6. The molecule has 0 aliphatic carbocycles. The molecule has 1 rings (SSSR count). The maximum absolute atomic E-state index is 11.2. The van der Waals surface area contributed by atoms with Crippen LogP contribution < -0.4 is 11.1 Å². The summed E-state index contributed by atoms with van der Waals surface area (Å²) in [5.41, 5.74) is 5.56. The molecule has 0 aromatic heterocycles. The third-order valence-corrected chi connectivity index (χ3v) is 3.47. The van der Waals surface area contributed by atoms with Crippen LogP contribution in [0.4, 0.5) is 4.79 Å². The van der Waals surface area contributed by atoms with Crippen molar-refractivity contribution in [2.75, 3.05) is 31.7 Å². The van der Waals surface area contributed by atoms with Gasteiger partial charge < -0.3 is 15.8 Å². The quantitative estimate of drug-likeness (QED) is 0.357. The second-order valence-electron chi connectivity index (χ2n) is 3.73. The Morgan fingerprint density at radius 3 is 2.83 bits per heavy atom. The molecule has 0 aromatic carbocycles. The highest BCUT2D eigenvalue weighted by atomic mass is 32.2. The molecule has 3 N–H and O–H groups in total. The van der Waals surface area contributed by atoms with E-state index in [0.29, 0.717) is 24.5 Å². The van der Waals surface area contributed by atoms with Crippen molar-refractivity contribution in [1.82, 2.24) is 10.2 Å². The van der Waals surface area contributed by atoms with E-state index in [2.05, 4.69) is 10.1 Å². The Bertz CT molecular complexity index is 321. The third kappa shape index (κ3) is 4.19. The van der Waals surface area contributed by atoms with E-state index in [1.165, 1.54) is 23.8 Å². The molecule has 1 fully saturated rings. The zero-order valence-electron chi connectivity index (χ0n) is 10.2. The number of rotatable bonds is 7. The van der Waals surface area contributed by atoms with Gasteiger partial charge in [0.1, 0.15) is 6.04 Å². The molecule has 1 aliphatic rings. The number of nitrogens with zero attached hydrogens (tertiary/aromatic N) is 1. The summed E-state index contributed by atoms with van der Waals surface area (Å²) in [4.78, 5) is 34.6. The number of carbonyl (C=O) groups excluding carboxylic acids is 3. The number of nitrogens with one attached hydrogen (secondary N) is 1. The highest BCUT2D eigenvalue weighted by molar-refractivity contribution is 7.99. The second kappa shape index (κ2) is 7.22. The molecule has 0 radical (unpaired) electrons.